The van der Waals surface area contributed by atoms with Crippen molar-refractivity contribution in [3.63, 3.8) is 0 Å². The van der Waals surface area contributed by atoms with Crippen LogP contribution in [-0.2, 0) is 0 Å². The summed E-state index contributed by atoms with van der Waals surface area (Å²) in [7, 11) is 1.84. The predicted molar refractivity (Wildman–Crippen MR) is 94.0 cm³/mol. The summed E-state index contributed by atoms with van der Waals surface area (Å²) in [5.41, 5.74) is 1.94. The number of halogens is 1. The molecule has 0 unspecified atom stereocenters. The average molecular weight is 348 g/mol. The van der Waals surface area contributed by atoms with E-state index in [1.54, 1.807) is 17.0 Å². The number of aliphatic hydroxyl groups is 1. The molecule has 0 radical (unpaired) electrons. The van der Waals surface area contributed by atoms with Crippen LogP contribution >= 0.6 is 11.6 Å². The summed E-state index contributed by atoms with van der Waals surface area (Å²) in [6.45, 7) is 0.242. The number of hydrogen-bond acceptors (Lipinski definition) is 3. The van der Waals surface area contributed by atoms with Crippen molar-refractivity contribution in [1.29, 1.82) is 0 Å². The highest BCUT2D eigenvalue weighted by Gasteiger charge is 2.27. The smallest absolute Gasteiger partial charge is 0.271 e. The van der Waals surface area contributed by atoms with E-state index in [9.17, 15) is 9.90 Å². The number of nitrogens with zero attached hydrogens (tertiary/aromatic N) is 2. The summed E-state index contributed by atoms with van der Waals surface area (Å²) in [5, 5.41) is 16.9. The van der Waals surface area contributed by atoms with Crippen molar-refractivity contribution < 1.29 is 9.90 Å². The topological polar surface area (TPSA) is 69.2 Å². The highest BCUT2D eigenvalue weighted by Crippen LogP contribution is 2.29. The van der Waals surface area contributed by atoms with Gasteiger partial charge in [0.1, 0.15) is 5.69 Å². The summed E-state index contributed by atoms with van der Waals surface area (Å²) < 4.78 is 0. The number of rotatable bonds is 4. The molecular weight excluding hydrogens is 326 g/mol. The Balaban J connectivity index is 1.71. The lowest BCUT2D eigenvalue weighted by atomic mass is 9.86. The van der Waals surface area contributed by atoms with Crippen LogP contribution in [0.3, 0.4) is 0 Å². The number of H-pyrrole nitrogens is 1. The van der Waals surface area contributed by atoms with Crippen LogP contribution < -0.4 is 0 Å². The molecule has 0 saturated heterocycles. The molecule has 1 aliphatic rings. The number of benzene rings is 1. The van der Waals surface area contributed by atoms with Gasteiger partial charge in [0.2, 0.25) is 0 Å². The van der Waals surface area contributed by atoms with Crippen molar-refractivity contribution in [2.24, 2.45) is 5.92 Å². The first kappa shape index (κ1) is 17.0. The second-order valence-corrected chi connectivity index (χ2v) is 6.83. The van der Waals surface area contributed by atoms with E-state index in [4.69, 9.17) is 11.6 Å². The van der Waals surface area contributed by atoms with Crippen LogP contribution in [-0.4, -0.2) is 45.8 Å². The maximum absolute atomic E-state index is 12.7. The summed E-state index contributed by atoms with van der Waals surface area (Å²) in [6.07, 6.45) is 3.79. The molecule has 1 fully saturated rings. The van der Waals surface area contributed by atoms with Gasteiger partial charge in [-0.3, -0.25) is 9.89 Å². The first-order chi connectivity index (χ1) is 11.6. The number of aromatic nitrogens is 2. The van der Waals surface area contributed by atoms with Gasteiger partial charge in [-0.1, -0.05) is 29.8 Å². The number of nitrogens with one attached hydrogen (secondary N) is 1. The Hall–Kier alpha value is -1.85. The molecule has 1 aliphatic carbocycles. The number of aliphatic hydroxyl groups excluding tert-OH is 1. The van der Waals surface area contributed by atoms with Gasteiger partial charge in [0, 0.05) is 25.3 Å². The second kappa shape index (κ2) is 7.36. The fourth-order valence-corrected chi connectivity index (χ4v) is 3.54. The van der Waals surface area contributed by atoms with E-state index in [-0.39, 0.29) is 18.6 Å². The van der Waals surface area contributed by atoms with Crippen LogP contribution in [0.4, 0.5) is 0 Å². The van der Waals surface area contributed by atoms with E-state index in [0.29, 0.717) is 22.3 Å². The van der Waals surface area contributed by atoms with Gasteiger partial charge in [-0.25, -0.2) is 0 Å². The van der Waals surface area contributed by atoms with Gasteiger partial charge in [0.05, 0.1) is 10.7 Å². The molecule has 3 rings (SSSR count). The predicted octanol–water partition coefficient (Wildman–Crippen LogP) is 3.35. The number of amides is 1. The van der Waals surface area contributed by atoms with Crippen molar-refractivity contribution >= 4 is 17.5 Å². The average Bonchev–Trinajstić information content (AvgIpc) is 3.11. The van der Waals surface area contributed by atoms with Crippen molar-refractivity contribution in [2.75, 3.05) is 13.7 Å². The zero-order valence-corrected chi connectivity index (χ0v) is 14.5. The van der Waals surface area contributed by atoms with Crippen LogP contribution in [0.15, 0.2) is 30.3 Å². The lowest BCUT2D eigenvalue weighted by molar-refractivity contribution is 0.0647. The molecule has 0 aliphatic heterocycles. The summed E-state index contributed by atoms with van der Waals surface area (Å²) in [4.78, 5) is 14.5. The third kappa shape index (κ3) is 3.47. The van der Waals surface area contributed by atoms with Gasteiger partial charge in [0.15, 0.2) is 0 Å². The molecule has 1 aromatic carbocycles. The van der Waals surface area contributed by atoms with Crippen LogP contribution in [0.2, 0.25) is 5.02 Å². The van der Waals surface area contributed by atoms with Crippen molar-refractivity contribution in [3.8, 4) is 11.3 Å². The highest BCUT2D eigenvalue weighted by molar-refractivity contribution is 6.33. The molecule has 2 aromatic rings. The van der Waals surface area contributed by atoms with E-state index >= 15 is 0 Å². The number of carbonyl (C=O) groups is 1. The van der Waals surface area contributed by atoms with Crippen molar-refractivity contribution in [2.45, 2.75) is 31.7 Å². The van der Waals surface area contributed by atoms with Gasteiger partial charge in [-0.15, -0.1) is 0 Å². The largest absolute Gasteiger partial charge is 0.396 e. The van der Waals surface area contributed by atoms with Crippen molar-refractivity contribution in [3.05, 3.63) is 41.0 Å². The van der Waals surface area contributed by atoms with Gasteiger partial charge in [0.25, 0.3) is 5.91 Å². The zero-order chi connectivity index (χ0) is 17.1. The Morgan fingerprint density at radius 2 is 2.04 bits per heavy atom. The molecule has 2 N–H and O–H groups in total. The molecule has 0 atom stereocenters. The molecule has 128 valence electrons. The molecule has 5 nitrogen and oxygen atoms in total. The van der Waals surface area contributed by atoms with Gasteiger partial charge in [-0.2, -0.15) is 5.10 Å². The number of aromatic amines is 1. The molecule has 1 heterocycles. The van der Waals surface area contributed by atoms with Gasteiger partial charge < -0.3 is 10.0 Å². The molecule has 6 heteroatoms. The third-order valence-electron chi connectivity index (χ3n) is 4.90. The molecular formula is C18H22ClN3O2. The Morgan fingerprint density at radius 1 is 1.33 bits per heavy atom. The molecule has 1 saturated carbocycles. The third-order valence-corrected chi connectivity index (χ3v) is 5.23. The van der Waals surface area contributed by atoms with Crippen LogP contribution in [0, 0.1) is 5.92 Å². The molecule has 0 spiro atoms. The summed E-state index contributed by atoms with van der Waals surface area (Å²) >= 11 is 6.19. The zero-order valence-electron chi connectivity index (χ0n) is 13.7. The fraction of sp³-hybridized carbons (Fsp3) is 0.444. The maximum Gasteiger partial charge on any atom is 0.271 e. The Labute approximate surface area is 146 Å². The van der Waals surface area contributed by atoms with Gasteiger partial charge in [-0.05, 0) is 43.7 Å². The standard InChI is InChI=1S/C18H22ClN3O2/c1-22(13-8-6-12(11-23)7-9-13)18(24)17-10-16(20-21-17)14-4-2-3-5-15(14)19/h2-5,10,12-13,23H,6-9,11H2,1H3,(H,20,21). The highest BCUT2D eigenvalue weighted by atomic mass is 35.5. The Morgan fingerprint density at radius 3 is 2.71 bits per heavy atom. The first-order valence-corrected chi connectivity index (χ1v) is 8.66. The minimum Gasteiger partial charge on any atom is -0.396 e. The lowest BCUT2D eigenvalue weighted by Crippen LogP contribution is -2.40. The summed E-state index contributed by atoms with van der Waals surface area (Å²) in [5.74, 6) is 0.317. The van der Waals surface area contributed by atoms with E-state index in [1.165, 1.54) is 0 Å². The van der Waals surface area contributed by atoms with Crippen LogP contribution in [0.5, 0.6) is 0 Å². The molecule has 0 bridgehead atoms. The van der Waals surface area contributed by atoms with Crippen LogP contribution in [0.25, 0.3) is 11.3 Å². The van der Waals surface area contributed by atoms with E-state index < -0.39 is 0 Å². The Kier molecular flexibility index (Phi) is 5.21. The molecule has 24 heavy (non-hydrogen) atoms. The van der Waals surface area contributed by atoms with Gasteiger partial charge >= 0.3 is 0 Å². The second-order valence-electron chi connectivity index (χ2n) is 6.42. The number of hydrogen-bond donors (Lipinski definition) is 2. The van der Waals surface area contributed by atoms with E-state index in [0.717, 1.165) is 31.2 Å². The molecule has 1 aromatic heterocycles. The maximum atomic E-state index is 12.7. The monoisotopic (exact) mass is 347 g/mol. The Bertz CT molecular complexity index is 708. The van der Waals surface area contributed by atoms with Crippen molar-refractivity contribution in [1.82, 2.24) is 15.1 Å². The lowest BCUT2D eigenvalue weighted by Gasteiger charge is -2.33. The van der Waals surface area contributed by atoms with E-state index in [2.05, 4.69) is 10.2 Å². The minimum atomic E-state index is -0.0618. The SMILES string of the molecule is CN(C(=O)c1cc(-c2ccccc2Cl)n[nH]1)C1CCC(CO)CC1. The summed E-state index contributed by atoms with van der Waals surface area (Å²) in [6, 6.07) is 9.40. The van der Waals surface area contributed by atoms with Crippen LogP contribution in [0.1, 0.15) is 36.2 Å². The molecule has 1 amide bonds. The minimum absolute atomic E-state index is 0.0618. The number of carbonyl (C=O) groups excluding carboxylic acids is 1. The normalized spacial score (nSPS) is 20.8. The first-order valence-electron chi connectivity index (χ1n) is 8.28. The quantitative estimate of drug-likeness (QED) is 0.891. The fourth-order valence-electron chi connectivity index (χ4n) is 3.31. The van der Waals surface area contributed by atoms with E-state index in [1.807, 2.05) is 25.2 Å².